The molecule has 0 saturated heterocycles. The molecule has 4 atom stereocenters. The second kappa shape index (κ2) is 8.90. The Labute approximate surface area is 175 Å². The summed E-state index contributed by atoms with van der Waals surface area (Å²) in [4.78, 5) is 43.3. The molecule has 0 aromatic heterocycles. The van der Waals surface area contributed by atoms with Gasteiger partial charge in [-0.3, -0.25) is 14.6 Å². The van der Waals surface area contributed by atoms with E-state index in [1.165, 1.54) is 19.2 Å². The van der Waals surface area contributed by atoms with E-state index in [9.17, 15) is 18.8 Å². The lowest BCUT2D eigenvalue weighted by atomic mass is 9.64. The summed E-state index contributed by atoms with van der Waals surface area (Å²) in [5.74, 6) is -4.60. The Kier molecular flexibility index (Phi) is 6.48. The minimum atomic E-state index is -0.937. The van der Waals surface area contributed by atoms with Gasteiger partial charge in [-0.2, -0.15) is 0 Å². The smallest absolute Gasteiger partial charge is 0.336 e. The number of rotatable bonds is 5. The molecular weight excluding hydrogens is 389 g/mol. The highest BCUT2D eigenvalue weighted by molar-refractivity contribution is 6.17. The molecule has 6 nitrogen and oxygen atoms in total. The van der Waals surface area contributed by atoms with Gasteiger partial charge in [0.05, 0.1) is 25.2 Å². The summed E-state index contributed by atoms with van der Waals surface area (Å²) in [7, 11) is 1.25. The highest BCUT2D eigenvalue weighted by Gasteiger charge is 2.51. The molecule has 30 heavy (non-hydrogen) atoms. The molecule has 0 unspecified atom stereocenters. The quantitative estimate of drug-likeness (QED) is 0.542. The van der Waals surface area contributed by atoms with Gasteiger partial charge in [0.25, 0.3) is 0 Å². The van der Waals surface area contributed by atoms with Crippen molar-refractivity contribution in [2.24, 2.45) is 22.7 Å². The van der Waals surface area contributed by atoms with Crippen LogP contribution in [0.5, 0.6) is 0 Å². The molecule has 1 fully saturated rings. The molecule has 1 saturated carbocycles. The van der Waals surface area contributed by atoms with Crippen molar-refractivity contribution in [1.29, 1.82) is 0 Å². The average Bonchev–Trinajstić information content (AvgIpc) is 2.71. The molecule has 0 spiro atoms. The Morgan fingerprint density at radius 1 is 1.20 bits per heavy atom. The van der Waals surface area contributed by atoms with E-state index in [0.29, 0.717) is 29.8 Å². The van der Waals surface area contributed by atoms with Crippen LogP contribution in [0.15, 0.2) is 40.5 Å². The molecule has 160 valence electrons. The highest BCUT2D eigenvalue weighted by Crippen LogP contribution is 2.45. The Morgan fingerprint density at radius 2 is 1.87 bits per heavy atom. The fourth-order valence-electron chi connectivity index (χ4n) is 4.40. The summed E-state index contributed by atoms with van der Waals surface area (Å²) in [5, 5.41) is 0. The molecule has 2 aliphatic rings. The minimum absolute atomic E-state index is 0.239. The second-order valence-corrected chi connectivity index (χ2v) is 7.83. The fraction of sp³-hybridized carbons (Fsp3) is 0.478. The monoisotopic (exact) mass is 415 g/mol. The van der Waals surface area contributed by atoms with E-state index >= 15 is 0 Å². The van der Waals surface area contributed by atoms with Crippen LogP contribution in [0.2, 0.25) is 0 Å². The number of methoxy groups -OCH3 is 1. The first kappa shape index (κ1) is 21.9. The first-order valence-corrected chi connectivity index (χ1v) is 10.1. The summed E-state index contributed by atoms with van der Waals surface area (Å²) in [6, 6.07) is 5.70. The molecule has 1 aromatic rings. The Morgan fingerprint density at radius 3 is 2.47 bits per heavy atom. The number of esters is 2. The largest absolute Gasteiger partial charge is 0.468 e. The Bertz CT molecular complexity index is 918. The highest BCUT2D eigenvalue weighted by atomic mass is 19.1. The van der Waals surface area contributed by atoms with Crippen LogP contribution in [0, 0.1) is 23.6 Å². The van der Waals surface area contributed by atoms with Gasteiger partial charge in [0.2, 0.25) is 0 Å². The topological polar surface area (TPSA) is 82.0 Å². The van der Waals surface area contributed by atoms with E-state index in [2.05, 4.69) is 4.99 Å². The van der Waals surface area contributed by atoms with Gasteiger partial charge in [0, 0.05) is 17.3 Å². The number of nitrogens with zero attached hydrogens (tertiary/aromatic N) is 1. The molecule has 0 bridgehead atoms. The molecule has 0 N–H and O–H groups in total. The van der Waals surface area contributed by atoms with E-state index < -0.39 is 35.5 Å². The van der Waals surface area contributed by atoms with Gasteiger partial charge in [-0.25, -0.2) is 9.18 Å². The molecule has 1 heterocycles. The van der Waals surface area contributed by atoms with Gasteiger partial charge in [-0.05, 0) is 43.4 Å². The standard InChI is InChI=1S/C23H26FNO5/c1-5-10-30-23(28)18-13(3)25-16-11-12(2)17(22(27)29-4)21(26)20(16)19(18)14-6-8-15(24)9-7-14/h6-9,12,17,19-20H,5,10-11H2,1-4H3/t12-,17-,19+,20-/m1/s1. The molecule has 7 heteroatoms. The van der Waals surface area contributed by atoms with Crippen molar-refractivity contribution in [2.45, 2.75) is 39.5 Å². The summed E-state index contributed by atoms with van der Waals surface area (Å²) in [6.45, 7) is 5.65. The van der Waals surface area contributed by atoms with Crippen molar-refractivity contribution in [3.05, 3.63) is 46.9 Å². The molecule has 0 radical (unpaired) electrons. The van der Waals surface area contributed by atoms with Crippen LogP contribution in [0.3, 0.4) is 0 Å². The normalized spacial score (nSPS) is 26.0. The lowest BCUT2D eigenvalue weighted by molar-refractivity contribution is -0.152. The number of hydrogen-bond acceptors (Lipinski definition) is 6. The first-order chi connectivity index (χ1) is 14.3. The third-order valence-corrected chi connectivity index (χ3v) is 5.76. The fourth-order valence-corrected chi connectivity index (χ4v) is 4.40. The molecule has 1 aromatic carbocycles. The van der Waals surface area contributed by atoms with Crippen molar-refractivity contribution >= 4 is 23.4 Å². The summed E-state index contributed by atoms with van der Waals surface area (Å²) in [6.07, 6.45) is 1.08. The van der Waals surface area contributed by atoms with E-state index in [4.69, 9.17) is 9.47 Å². The van der Waals surface area contributed by atoms with E-state index in [-0.39, 0.29) is 23.9 Å². The number of hydrogen-bond donors (Lipinski definition) is 0. The van der Waals surface area contributed by atoms with Gasteiger partial charge in [0.1, 0.15) is 11.7 Å². The number of aliphatic imine (C=N–C) groups is 1. The van der Waals surface area contributed by atoms with E-state index in [0.717, 1.165) is 0 Å². The zero-order valence-electron chi connectivity index (χ0n) is 17.6. The van der Waals surface area contributed by atoms with E-state index in [1.54, 1.807) is 19.1 Å². The van der Waals surface area contributed by atoms with E-state index in [1.807, 2.05) is 13.8 Å². The van der Waals surface area contributed by atoms with Crippen molar-refractivity contribution < 1.29 is 28.2 Å². The van der Waals surface area contributed by atoms with Crippen LogP contribution < -0.4 is 0 Å². The number of ketones is 1. The van der Waals surface area contributed by atoms with Crippen molar-refractivity contribution in [3.63, 3.8) is 0 Å². The maximum Gasteiger partial charge on any atom is 0.336 e. The third kappa shape index (κ3) is 3.93. The van der Waals surface area contributed by atoms with Crippen LogP contribution in [0.25, 0.3) is 0 Å². The first-order valence-electron chi connectivity index (χ1n) is 10.1. The lowest BCUT2D eigenvalue weighted by Crippen LogP contribution is -2.48. The predicted octanol–water partition coefficient (Wildman–Crippen LogP) is 3.61. The predicted molar refractivity (Wildman–Crippen MR) is 108 cm³/mol. The number of carbonyl (C=O) groups is 3. The van der Waals surface area contributed by atoms with Crippen LogP contribution in [-0.4, -0.2) is 37.2 Å². The SMILES string of the molecule is CCCOC(=O)C1=C(C)N=C2C[C@@H](C)[C@@H](C(=O)OC)C(=O)[C@H]2[C@H]1c1ccc(F)cc1. The number of halogens is 1. The molecule has 3 rings (SSSR count). The zero-order valence-corrected chi connectivity index (χ0v) is 17.6. The molecule has 1 aliphatic carbocycles. The third-order valence-electron chi connectivity index (χ3n) is 5.76. The van der Waals surface area contributed by atoms with Crippen molar-refractivity contribution in [2.75, 3.05) is 13.7 Å². The van der Waals surface area contributed by atoms with Gasteiger partial charge in [-0.1, -0.05) is 26.0 Å². The number of benzene rings is 1. The van der Waals surface area contributed by atoms with Crippen molar-refractivity contribution in [3.8, 4) is 0 Å². The van der Waals surface area contributed by atoms with Crippen LogP contribution in [-0.2, 0) is 23.9 Å². The molecule has 1 aliphatic heterocycles. The van der Waals surface area contributed by atoms with Crippen LogP contribution >= 0.6 is 0 Å². The summed E-state index contributed by atoms with van der Waals surface area (Å²) in [5.41, 5.74) is 1.98. The molecule has 0 amide bonds. The zero-order chi connectivity index (χ0) is 22.0. The maximum atomic E-state index is 13.6. The number of carbonyl (C=O) groups excluding carboxylic acids is 3. The Balaban J connectivity index is 2.14. The number of ether oxygens (including phenoxy) is 2. The number of allylic oxidation sites excluding steroid dienone is 1. The number of fused-ring (bicyclic) bond motifs is 1. The summed E-state index contributed by atoms with van der Waals surface area (Å²) < 4.78 is 23.8. The average molecular weight is 415 g/mol. The number of Topliss-reactive ketones (excluding diaryl/α,β-unsaturated/α-hetero) is 1. The van der Waals surface area contributed by atoms with Crippen LogP contribution in [0.1, 0.15) is 45.1 Å². The summed E-state index contributed by atoms with van der Waals surface area (Å²) >= 11 is 0. The van der Waals surface area contributed by atoms with Gasteiger partial charge in [-0.15, -0.1) is 0 Å². The lowest BCUT2D eigenvalue weighted by Gasteiger charge is -2.40. The van der Waals surface area contributed by atoms with Gasteiger partial charge >= 0.3 is 11.9 Å². The molecular formula is C23H26FNO5. The van der Waals surface area contributed by atoms with Crippen LogP contribution in [0.4, 0.5) is 4.39 Å². The second-order valence-electron chi connectivity index (χ2n) is 7.83. The van der Waals surface area contributed by atoms with Crippen molar-refractivity contribution in [1.82, 2.24) is 0 Å². The Hall–Kier alpha value is -2.83. The van der Waals surface area contributed by atoms with Gasteiger partial charge in [0.15, 0.2) is 5.78 Å². The minimum Gasteiger partial charge on any atom is -0.468 e. The van der Waals surface area contributed by atoms with Gasteiger partial charge < -0.3 is 9.47 Å². The maximum absolute atomic E-state index is 13.6.